The third kappa shape index (κ3) is 5.64. The van der Waals surface area contributed by atoms with Gasteiger partial charge in [0.15, 0.2) is 0 Å². The quantitative estimate of drug-likeness (QED) is 0.649. The Hall–Kier alpha value is -1.51. The van der Waals surface area contributed by atoms with Crippen molar-refractivity contribution in [2.75, 3.05) is 5.32 Å². The van der Waals surface area contributed by atoms with E-state index in [1.807, 2.05) is 10.6 Å². The van der Waals surface area contributed by atoms with E-state index in [1.54, 1.807) is 0 Å². The molecule has 20 heavy (non-hydrogen) atoms. The molecule has 9 heteroatoms. The van der Waals surface area contributed by atoms with E-state index in [0.717, 1.165) is 12.1 Å². The van der Waals surface area contributed by atoms with Crippen LogP contribution in [0, 0.1) is 11.6 Å². The molecule has 0 saturated carbocycles. The van der Waals surface area contributed by atoms with Crippen LogP contribution in [0.3, 0.4) is 0 Å². The number of thioether (sulfide) groups is 1. The number of halogens is 5. The molecule has 1 rings (SSSR count). The molecule has 1 atom stereocenters. The van der Waals surface area contributed by atoms with Crippen LogP contribution in [0.1, 0.15) is 13.3 Å². The molecule has 0 aromatic heterocycles. The highest BCUT2D eigenvalue weighted by molar-refractivity contribution is 8.00. The summed E-state index contributed by atoms with van der Waals surface area (Å²) < 4.78 is 62.4. The van der Waals surface area contributed by atoms with Gasteiger partial charge in [-0.05, 0) is 30.3 Å². The van der Waals surface area contributed by atoms with Crippen molar-refractivity contribution in [1.29, 1.82) is 0 Å². The summed E-state index contributed by atoms with van der Waals surface area (Å²) in [5.41, 5.74) is -4.81. The zero-order valence-corrected chi connectivity index (χ0v) is 11.0. The minimum absolute atomic E-state index is 0.0312. The van der Waals surface area contributed by atoms with Gasteiger partial charge in [0.1, 0.15) is 11.6 Å². The predicted molar refractivity (Wildman–Crippen MR) is 66.2 cm³/mol. The summed E-state index contributed by atoms with van der Waals surface area (Å²) in [5.74, 6) is -1.84. The molecule has 2 N–H and O–H groups in total. The maximum Gasteiger partial charge on any atom is 0.443 e. The summed E-state index contributed by atoms with van der Waals surface area (Å²) in [4.78, 5) is 11.4. The van der Waals surface area contributed by atoms with Crippen molar-refractivity contribution in [3.8, 4) is 0 Å². The summed E-state index contributed by atoms with van der Waals surface area (Å²) in [6, 6.07) is 1.44. The van der Waals surface area contributed by atoms with Gasteiger partial charge in [0, 0.05) is 6.07 Å². The lowest BCUT2D eigenvalue weighted by atomic mass is 10.3. The molecule has 2 amide bonds. The monoisotopic (exact) mass is 314 g/mol. The highest BCUT2D eigenvalue weighted by Gasteiger charge is 2.33. The lowest BCUT2D eigenvalue weighted by Crippen LogP contribution is -2.37. The zero-order chi connectivity index (χ0) is 15.3. The van der Waals surface area contributed by atoms with Crippen LogP contribution in [0.2, 0.25) is 0 Å². The third-order valence-electron chi connectivity index (χ3n) is 2.12. The highest BCUT2D eigenvalue weighted by atomic mass is 32.2. The highest BCUT2D eigenvalue weighted by Crippen LogP contribution is 2.34. The van der Waals surface area contributed by atoms with Crippen LogP contribution in [-0.4, -0.2) is 16.9 Å². The molecule has 112 valence electrons. The Morgan fingerprint density at radius 2 is 2.00 bits per heavy atom. The number of urea groups is 1. The Kier molecular flexibility index (Phi) is 5.61. The molecule has 1 unspecified atom stereocenters. The molecule has 0 aliphatic carbocycles. The number of amides is 2. The number of anilines is 1. The van der Waals surface area contributed by atoms with Crippen molar-refractivity contribution in [3.63, 3.8) is 0 Å². The van der Waals surface area contributed by atoms with Crippen LogP contribution < -0.4 is 10.6 Å². The lowest BCUT2D eigenvalue weighted by Gasteiger charge is -2.18. The molecule has 0 radical (unpaired) electrons. The van der Waals surface area contributed by atoms with Gasteiger partial charge in [0.05, 0.1) is 11.1 Å². The van der Waals surface area contributed by atoms with Crippen LogP contribution in [0.15, 0.2) is 18.2 Å². The summed E-state index contributed by atoms with van der Waals surface area (Å²) in [7, 11) is 0. The molecular formula is C11H11F5N2OS. The maximum absolute atomic E-state index is 13.2. The molecule has 3 nitrogen and oxygen atoms in total. The minimum Gasteiger partial charge on any atom is -0.326 e. The Bertz CT molecular complexity index is 480. The van der Waals surface area contributed by atoms with Crippen LogP contribution in [-0.2, 0) is 0 Å². The number of rotatable bonds is 4. The van der Waals surface area contributed by atoms with E-state index in [-0.39, 0.29) is 23.9 Å². The number of carbonyl (C=O) groups is 1. The van der Waals surface area contributed by atoms with Crippen molar-refractivity contribution < 1.29 is 26.7 Å². The Balaban J connectivity index is 2.62. The van der Waals surface area contributed by atoms with Crippen LogP contribution >= 0.6 is 11.8 Å². The minimum atomic E-state index is -4.49. The van der Waals surface area contributed by atoms with E-state index in [9.17, 15) is 26.7 Å². The van der Waals surface area contributed by atoms with E-state index < -0.39 is 28.5 Å². The molecule has 1 aromatic rings. The number of benzene rings is 1. The van der Waals surface area contributed by atoms with Gasteiger partial charge in [-0.15, -0.1) is 0 Å². The predicted octanol–water partition coefficient (Wildman–Crippen LogP) is 4.08. The number of hydrogen-bond acceptors (Lipinski definition) is 2. The number of hydrogen-bond donors (Lipinski definition) is 2. The van der Waals surface area contributed by atoms with Crippen molar-refractivity contribution in [2.45, 2.75) is 24.2 Å². The second-order valence-corrected chi connectivity index (χ2v) is 4.95. The van der Waals surface area contributed by atoms with E-state index in [1.165, 1.54) is 6.92 Å². The van der Waals surface area contributed by atoms with Gasteiger partial charge in [-0.25, -0.2) is 13.6 Å². The molecule has 1 aromatic carbocycles. The van der Waals surface area contributed by atoms with E-state index >= 15 is 0 Å². The standard InChI is InChI=1S/C11H11F5N2OS/c1-2-9(20-11(14,15)16)18-10(19)17-8-4-3-6(12)5-7(8)13/h3-5,9H,2H2,1H3,(H2,17,18,19). The van der Waals surface area contributed by atoms with Gasteiger partial charge in [0.2, 0.25) is 0 Å². The fraction of sp³-hybridized carbons (Fsp3) is 0.364. The largest absolute Gasteiger partial charge is 0.443 e. The summed E-state index contributed by atoms with van der Waals surface area (Å²) >= 11 is -0.378. The molecular weight excluding hydrogens is 303 g/mol. The van der Waals surface area contributed by atoms with Crippen molar-refractivity contribution in [3.05, 3.63) is 29.8 Å². The number of carbonyl (C=O) groups excluding carboxylic acids is 1. The summed E-state index contributed by atoms with van der Waals surface area (Å²) in [6.45, 7) is 1.46. The van der Waals surface area contributed by atoms with E-state index in [2.05, 4.69) is 0 Å². The summed E-state index contributed by atoms with van der Waals surface area (Å²) in [5, 5.41) is 2.87. The van der Waals surface area contributed by atoms with Gasteiger partial charge in [-0.3, -0.25) is 0 Å². The molecule has 0 bridgehead atoms. The molecule has 0 aliphatic rings. The van der Waals surface area contributed by atoms with Gasteiger partial charge in [-0.2, -0.15) is 13.2 Å². The Morgan fingerprint density at radius 3 is 2.50 bits per heavy atom. The van der Waals surface area contributed by atoms with Gasteiger partial charge >= 0.3 is 11.5 Å². The maximum atomic E-state index is 13.2. The van der Waals surface area contributed by atoms with Crippen LogP contribution in [0.25, 0.3) is 0 Å². The number of alkyl halides is 3. The first-order valence-corrected chi connectivity index (χ1v) is 6.36. The van der Waals surface area contributed by atoms with Crippen molar-refractivity contribution >= 4 is 23.5 Å². The second-order valence-electron chi connectivity index (χ2n) is 3.68. The fourth-order valence-electron chi connectivity index (χ4n) is 1.27. The molecule has 0 spiro atoms. The SMILES string of the molecule is CCC(NC(=O)Nc1ccc(F)cc1F)SC(F)(F)F. The first kappa shape index (κ1) is 16.5. The van der Waals surface area contributed by atoms with Gasteiger partial charge in [-0.1, -0.05) is 6.92 Å². The van der Waals surface area contributed by atoms with Crippen molar-refractivity contribution in [1.82, 2.24) is 5.32 Å². The number of nitrogens with one attached hydrogen (secondary N) is 2. The topological polar surface area (TPSA) is 41.1 Å². The van der Waals surface area contributed by atoms with E-state index in [0.29, 0.717) is 6.07 Å². The summed E-state index contributed by atoms with van der Waals surface area (Å²) in [6.07, 6.45) is 0.0312. The second kappa shape index (κ2) is 6.78. The molecule has 0 aliphatic heterocycles. The van der Waals surface area contributed by atoms with E-state index in [4.69, 9.17) is 0 Å². The fourth-order valence-corrected chi connectivity index (χ4v) is 1.93. The first-order valence-electron chi connectivity index (χ1n) is 5.48. The Morgan fingerprint density at radius 1 is 1.35 bits per heavy atom. The average molecular weight is 314 g/mol. The normalized spacial score (nSPS) is 12.9. The van der Waals surface area contributed by atoms with Crippen LogP contribution in [0.5, 0.6) is 0 Å². The zero-order valence-electron chi connectivity index (χ0n) is 10.2. The Labute approximate surface area is 115 Å². The molecule has 0 fully saturated rings. The van der Waals surface area contributed by atoms with Crippen LogP contribution in [0.4, 0.5) is 32.4 Å². The third-order valence-corrected chi connectivity index (χ3v) is 3.12. The van der Waals surface area contributed by atoms with Gasteiger partial charge in [0.25, 0.3) is 0 Å². The lowest BCUT2D eigenvalue weighted by molar-refractivity contribution is -0.0335. The average Bonchev–Trinajstić information content (AvgIpc) is 2.30. The first-order chi connectivity index (χ1) is 9.21. The molecule has 0 heterocycles. The van der Waals surface area contributed by atoms with Gasteiger partial charge < -0.3 is 10.6 Å². The molecule has 0 saturated heterocycles. The van der Waals surface area contributed by atoms with Crippen molar-refractivity contribution in [2.24, 2.45) is 0 Å². The smallest absolute Gasteiger partial charge is 0.326 e.